The molecule has 3 aromatic rings. The number of phenols is 1. The minimum absolute atomic E-state index is 0.105. The third kappa shape index (κ3) is 3.38. The SMILES string of the molecule is N=C(c1ccc(F)c(F)c1)c1cccc(O)c1Nc1nc(C(=O)O)cs1. The molecule has 0 aliphatic carbocycles. The van der Waals surface area contributed by atoms with Gasteiger partial charge in [0.25, 0.3) is 0 Å². The Morgan fingerprint density at radius 1 is 1.19 bits per heavy atom. The smallest absolute Gasteiger partial charge is 0.355 e. The number of nitrogens with one attached hydrogen (secondary N) is 2. The Hall–Kier alpha value is -3.33. The van der Waals surface area contributed by atoms with Gasteiger partial charge in [0.15, 0.2) is 22.5 Å². The molecule has 2 aromatic carbocycles. The molecular formula is C17H11F2N3O3S. The lowest BCUT2D eigenvalue weighted by molar-refractivity contribution is 0.0691. The number of carbonyl (C=O) groups is 1. The zero-order valence-electron chi connectivity index (χ0n) is 13.0. The number of halogens is 2. The van der Waals surface area contributed by atoms with E-state index in [0.717, 1.165) is 23.5 Å². The van der Waals surface area contributed by atoms with Crippen molar-refractivity contribution in [2.75, 3.05) is 5.32 Å². The molecule has 0 radical (unpaired) electrons. The first kappa shape index (κ1) is 17.5. The summed E-state index contributed by atoms with van der Waals surface area (Å²) < 4.78 is 26.6. The van der Waals surface area contributed by atoms with Gasteiger partial charge < -0.3 is 15.5 Å². The van der Waals surface area contributed by atoms with Crippen LogP contribution in [0.1, 0.15) is 21.6 Å². The lowest BCUT2D eigenvalue weighted by Gasteiger charge is -2.13. The van der Waals surface area contributed by atoms with Gasteiger partial charge in [0.05, 0.1) is 11.4 Å². The first-order valence-corrected chi connectivity index (χ1v) is 8.07. The van der Waals surface area contributed by atoms with E-state index in [1.807, 2.05) is 0 Å². The van der Waals surface area contributed by atoms with E-state index in [-0.39, 0.29) is 39.1 Å². The highest BCUT2D eigenvalue weighted by molar-refractivity contribution is 7.14. The zero-order valence-corrected chi connectivity index (χ0v) is 13.8. The number of aromatic hydroxyl groups is 1. The van der Waals surface area contributed by atoms with Crippen LogP contribution >= 0.6 is 11.3 Å². The number of rotatable bonds is 5. The van der Waals surface area contributed by atoms with Crippen molar-refractivity contribution in [3.05, 3.63) is 70.2 Å². The third-order valence-corrected chi connectivity index (χ3v) is 4.23. The molecule has 0 aliphatic heterocycles. The first-order valence-electron chi connectivity index (χ1n) is 7.19. The number of nitrogens with zero attached hydrogens (tertiary/aromatic N) is 1. The van der Waals surface area contributed by atoms with Gasteiger partial charge in [0.2, 0.25) is 0 Å². The molecule has 4 N–H and O–H groups in total. The Bertz CT molecular complexity index is 1020. The summed E-state index contributed by atoms with van der Waals surface area (Å²) in [6.07, 6.45) is 0. The van der Waals surface area contributed by atoms with Crippen LogP contribution in [0.25, 0.3) is 0 Å². The maximum Gasteiger partial charge on any atom is 0.355 e. The van der Waals surface area contributed by atoms with Gasteiger partial charge in [-0.05, 0) is 24.3 Å². The highest BCUT2D eigenvalue weighted by Crippen LogP contribution is 2.33. The van der Waals surface area contributed by atoms with E-state index in [1.54, 1.807) is 0 Å². The maximum atomic E-state index is 13.5. The molecule has 0 spiro atoms. The quantitative estimate of drug-likeness (QED) is 0.399. The first-order chi connectivity index (χ1) is 12.4. The summed E-state index contributed by atoms with van der Waals surface area (Å²) in [4.78, 5) is 14.8. The van der Waals surface area contributed by atoms with E-state index in [1.165, 1.54) is 29.6 Å². The number of para-hydroxylation sites is 1. The summed E-state index contributed by atoms with van der Waals surface area (Å²) in [5, 5.41) is 31.6. The van der Waals surface area contributed by atoms with Crippen LogP contribution in [0.15, 0.2) is 41.8 Å². The molecule has 132 valence electrons. The molecule has 0 saturated carbocycles. The molecule has 0 bridgehead atoms. The van der Waals surface area contributed by atoms with E-state index in [4.69, 9.17) is 10.5 Å². The standard InChI is InChI=1S/C17H11F2N3O3S/c18-10-5-4-8(6-11(10)19)14(20)9-2-1-3-13(23)15(9)22-17-21-12(7-26-17)16(24)25/h1-7,20,23H,(H,21,22)(H,24,25). The number of anilines is 2. The summed E-state index contributed by atoms with van der Waals surface area (Å²) >= 11 is 1.01. The molecule has 0 aliphatic rings. The second-order valence-electron chi connectivity index (χ2n) is 5.17. The molecule has 0 unspecified atom stereocenters. The molecule has 0 atom stereocenters. The van der Waals surface area contributed by atoms with Gasteiger partial charge in [-0.25, -0.2) is 18.6 Å². The number of phenolic OH excluding ortho intramolecular Hbond substituents is 1. The van der Waals surface area contributed by atoms with Crippen LogP contribution in [0.5, 0.6) is 5.75 Å². The fourth-order valence-corrected chi connectivity index (χ4v) is 2.91. The van der Waals surface area contributed by atoms with Crippen molar-refractivity contribution in [2.45, 2.75) is 0 Å². The third-order valence-electron chi connectivity index (χ3n) is 3.48. The van der Waals surface area contributed by atoms with Crippen molar-refractivity contribution in [3.8, 4) is 5.75 Å². The normalized spacial score (nSPS) is 10.5. The second-order valence-corrected chi connectivity index (χ2v) is 6.03. The summed E-state index contributed by atoms with van der Waals surface area (Å²) in [6.45, 7) is 0. The molecular weight excluding hydrogens is 364 g/mol. The van der Waals surface area contributed by atoms with Crippen molar-refractivity contribution in [1.29, 1.82) is 5.41 Å². The highest BCUT2D eigenvalue weighted by Gasteiger charge is 2.17. The van der Waals surface area contributed by atoms with Crippen LogP contribution in [0.4, 0.5) is 19.6 Å². The van der Waals surface area contributed by atoms with E-state index in [2.05, 4.69) is 10.3 Å². The van der Waals surface area contributed by atoms with Crippen molar-refractivity contribution >= 4 is 33.8 Å². The van der Waals surface area contributed by atoms with E-state index in [0.29, 0.717) is 0 Å². The number of aromatic nitrogens is 1. The van der Waals surface area contributed by atoms with E-state index < -0.39 is 17.6 Å². The van der Waals surface area contributed by atoms with Crippen LogP contribution in [0.3, 0.4) is 0 Å². The predicted molar refractivity (Wildman–Crippen MR) is 92.8 cm³/mol. The van der Waals surface area contributed by atoms with Gasteiger partial charge in [-0.3, -0.25) is 5.41 Å². The van der Waals surface area contributed by atoms with Crippen LogP contribution in [-0.2, 0) is 0 Å². The Kier molecular flexibility index (Phi) is 4.63. The fraction of sp³-hybridized carbons (Fsp3) is 0. The Morgan fingerprint density at radius 3 is 2.62 bits per heavy atom. The van der Waals surface area contributed by atoms with Gasteiger partial charge in [0, 0.05) is 16.5 Å². The summed E-state index contributed by atoms with van der Waals surface area (Å²) in [6, 6.07) is 7.43. The number of hydrogen-bond acceptors (Lipinski definition) is 6. The minimum atomic E-state index is -1.19. The molecule has 6 nitrogen and oxygen atoms in total. The van der Waals surface area contributed by atoms with Gasteiger partial charge in [-0.1, -0.05) is 12.1 Å². The van der Waals surface area contributed by atoms with Crippen LogP contribution < -0.4 is 5.32 Å². The zero-order chi connectivity index (χ0) is 18.8. The van der Waals surface area contributed by atoms with Gasteiger partial charge in [-0.2, -0.15) is 0 Å². The van der Waals surface area contributed by atoms with Crippen LogP contribution in [0.2, 0.25) is 0 Å². The van der Waals surface area contributed by atoms with Crippen molar-refractivity contribution < 1.29 is 23.8 Å². The molecule has 1 aromatic heterocycles. The van der Waals surface area contributed by atoms with Crippen LogP contribution in [-0.4, -0.2) is 26.9 Å². The molecule has 0 fully saturated rings. The molecule has 0 saturated heterocycles. The molecule has 9 heteroatoms. The van der Waals surface area contributed by atoms with E-state index in [9.17, 15) is 18.7 Å². The monoisotopic (exact) mass is 375 g/mol. The van der Waals surface area contributed by atoms with Gasteiger partial charge in [0.1, 0.15) is 5.75 Å². The largest absolute Gasteiger partial charge is 0.506 e. The number of carboxylic acids is 1. The predicted octanol–water partition coefficient (Wildman–Crippen LogP) is 3.98. The van der Waals surface area contributed by atoms with Crippen molar-refractivity contribution in [1.82, 2.24) is 4.98 Å². The molecule has 3 rings (SSSR count). The summed E-state index contributed by atoms with van der Waals surface area (Å²) in [7, 11) is 0. The lowest BCUT2D eigenvalue weighted by atomic mass is 10.00. The molecule has 0 amide bonds. The Balaban J connectivity index is 1.99. The maximum absolute atomic E-state index is 13.5. The van der Waals surface area contributed by atoms with Gasteiger partial charge >= 0.3 is 5.97 Å². The Labute approximate surface area is 149 Å². The topological polar surface area (TPSA) is 106 Å². The average Bonchev–Trinajstić information content (AvgIpc) is 3.07. The summed E-state index contributed by atoms with van der Waals surface area (Å²) in [5.41, 5.74) is 0.113. The van der Waals surface area contributed by atoms with Crippen molar-refractivity contribution in [2.24, 2.45) is 0 Å². The lowest BCUT2D eigenvalue weighted by Crippen LogP contribution is -2.07. The number of aromatic carboxylic acids is 1. The highest BCUT2D eigenvalue weighted by atomic mass is 32.1. The minimum Gasteiger partial charge on any atom is -0.506 e. The number of benzene rings is 2. The van der Waals surface area contributed by atoms with E-state index >= 15 is 0 Å². The molecule has 26 heavy (non-hydrogen) atoms. The molecule has 1 heterocycles. The average molecular weight is 375 g/mol. The second kappa shape index (κ2) is 6.89. The Morgan fingerprint density at radius 2 is 1.96 bits per heavy atom. The number of thiazole rings is 1. The van der Waals surface area contributed by atoms with Gasteiger partial charge in [-0.15, -0.1) is 11.3 Å². The number of carboxylic acid groups (broad SMARTS) is 1. The van der Waals surface area contributed by atoms with Crippen LogP contribution in [0, 0.1) is 17.0 Å². The fourth-order valence-electron chi connectivity index (χ4n) is 2.22. The van der Waals surface area contributed by atoms with Crippen molar-refractivity contribution in [3.63, 3.8) is 0 Å². The summed E-state index contributed by atoms with van der Waals surface area (Å²) in [5.74, 6) is -3.52. The number of hydrogen-bond donors (Lipinski definition) is 4.